The van der Waals surface area contributed by atoms with Crippen molar-refractivity contribution in [2.24, 2.45) is 0 Å². The van der Waals surface area contributed by atoms with Crippen LogP contribution in [0.1, 0.15) is 56.0 Å². The number of aromatic amines is 1. The second-order valence-corrected chi connectivity index (χ2v) is 8.87. The molecule has 1 aliphatic rings. The number of rotatable bonds is 6. The summed E-state index contributed by atoms with van der Waals surface area (Å²) in [6.45, 7) is 8.83. The van der Waals surface area contributed by atoms with Crippen LogP contribution in [0, 0.1) is 13.8 Å². The van der Waals surface area contributed by atoms with Crippen molar-refractivity contribution in [2.75, 3.05) is 6.54 Å². The van der Waals surface area contributed by atoms with Crippen molar-refractivity contribution in [2.45, 2.75) is 59.1 Å². The van der Waals surface area contributed by atoms with Crippen molar-refractivity contribution in [1.29, 1.82) is 0 Å². The Morgan fingerprint density at radius 1 is 1.28 bits per heavy atom. The van der Waals surface area contributed by atoms with Crippen LogP contribution in [0.4, 0.5) is 4.79 Å². The lowest BCUT2D eigenvalue weighted by atomic mass is 10.1. The molecule has 0 bridgehead atoms. The highest BCUT2D eigenvalue weighted by Crippen LogP contribution is 2.27. The number of esters is 1. The van der Waals surface area contributed by atoms with Crippen molar-refractivity contribution in [3.05, 3.63) is 26.6 Å². The number of urea groups is 1. The molecule has 1 fully saturated rings. The van der Waals surface area contributed by atoms with Gasteiger partial charge in [-0.25, -0.2) is 9.78 Å². The molecule has 3 rings (SSSR count). The number of H-pyrrole nitrogens is 1. The summed E-state index contributed by atoms with van der Waals surface area (Å²) in [5, 5.41) is 3.15. The standard InChI is InChI=1S/C19H24N4O5S/c1-9-11(3)29-16-13(9)15(25)20-14(21-16)10(2)28-12(24)7-6-8-23-17(26)19(4,5)22-18(23)27/h10H,6-8H2,1-5H3,(H,22,27)(H,20,21,25)/t10-/m0/s1. The summed E-state index contributed by atoms with van der Waals surface area (Å²) >= 11 is 1.42. The maximum atomic E-state index is 12.4. The maximum Gasteiger partial charge on any atom is 0.325 e. The van der Waals surface area contributed by atoms with E-state index in [-0.39, 0.29) is 36.7 Å². The van der Waals surface area contributed by atoms with Crippen LogP contribution in [0.15, 0.2) is 4.79 Å². The molecule has 1 atom stereocenters. The van der Waals surface area contributed by atoms with Crippen molar-refractivity contribution in [3.8, 4) is 0 Å². The number of amides is 3. The second kappa shape index (κ2) is 7.58. The van der Waals surface area contributed by atoms with E-state index < -0.39 is 23.6 Å². The molecule has 9 nitrogen and oxygen atoms in total. The zero-order valence-corrected chi connectivity index (χ0v) is 17.9. The number of carbonyl (C=O) groups excluding carboxylic acids is 3. The normalized spacial score (nSPS) is 16.9. The molecule has 1 saturated heterocycles. The molecule has 29 heavy (non-hydrogen) atoms. The van der Waals surface area contributed by atoms with Crippen molar-refractivity contribution >= 4 is 39.5 Å². The molecule has 2 aromatic rings. The van der Waals surface area contributed by atoms with Crippen LogP contribution in [0.5, 0.6) is 0 Å². The van der Waals surface area contributed by atoms with Gasteiger partial charge in [0, 0.05) is 17.8 Å². The average Bonchev–Trinajstić information content (AvgIpc) is 3.01. The van der Waals surface area contributed by atoms with Gasteiger partial charge in [0.1, 0.15) is 10.4 Å². The molecular formula is C19H24N4O5S. The highest BCUT2D eigenvalue weighted by Gasteiger charge is 2.43. The molecule has 0 aromatic carbocycles. The number of hydrogen-bond acceptors (Lipinski definition) is 7. The highest BCUT2D eigenvalue weighted by atomic mass is 32.1. The fourth-order valence-corrected chi connectivity index (χ4v) is 4.22. The number of nitrogens with one attached hydrogen (secondary N) is 2. The lowest BCUT2D eigenvalue weighted by molar-refractivity contribution is -0.149. The van der Waals surface area contributed by atoms with Gasteiger partial charge >= 0.3 is 12.0 Å². The fourth-order valence-electron chi connectivity index (χ4n) is 3.18. The van der Waals surface area contributed by atoms with Gasteiger partial charge < -0.3 is 15.0 Å². The van der Waals surface area contributed by atoms with Crippen molar-refractivity contribution < 1.29 is 19.1 Å². The third-order valence-electron chi connectivity index (χ3n) is 4.96. The van der Waals surface area contributed by atoms with Gasteiger partial charge in [0.2, 0.25) is 0 Å². The Kier molecular flexibility index (Phi) is 5.48. The molecule has 0 spiro atoms. The first kappa shape index (κ1) is 21.0. The first-order valence-electron chi connectivity index (χ1n) is 9.34. The zero-order chi connectivity index (χ0) is 21.5. The van der Waals surface area contributed by atoms with E-state index in [1.165, 1.54) is 11.3 Å². The van der Waals surface area contributed by atoms with Crippen LogP contribution >= 0.6 is 11.3 Å². The van der Waals surface area contributed by atoms with Crippen LogP contribution in [-0.4, -0.2) is 44.9 Å². The third kappa shape index (κ3) is 4.02. The van der Waals surface area contributed by atoms with Gasteiger partial charge in [0.25, 0.3) is 11.5 Å². The average molecular weight is 420 g/mol. The number of imide groups is 1. The second-order valence-electron chi connectivity index (χ2n) is 7.66. The van der Waals surface area contributed by atoms with Crippen LogP contribution in [0.25, 0.3) is 10.2 Å². The van der Waals surface area contributed by atoms with Crippen LogP contribution < -0.4 is 10.9 Å². The molecule has 156 valence electrons. The number of carbonyl (C=O) groups is 3. The first-order chi connectivity index (χ1) is 13.5. The number of aryl methyl sites for hydroxylation is 2. The molecular weight excluding hydrogens is 396 g/mol. The number of ether oxygens (including phenoxy) is 1. The third-order valence-corrected chi connectivity index (χ3v) is 6.06. The Bertz CT molecular complexity index is 1050. The summed E-state index contributed by atoms with van der Waals surface area (Å²) in [6, 6.07) is -0.460. The predicted molar refractivity (Wildman–Crippen MR) is 108 cm³/mol. The van der Waals surface area contributed by atoms with E-state index in [9.17, 15) is 19.2 Å². The smallest absolute Gasteiger partial charge is 0.325 e. The van der Waals surface area contributed by atoms with Gasteiger partial charge in [-0.05, 0) is 46.6 Å². The number of fused-ring (bicyclic) bond motifs is 1. The topological polar surface area (TPSA) is 121 Å². The number of aromatic nitrogens is 2. The van der Waals surface area contributed by atoms with E-state index in [0.717, 1.165) is 15.3 Å². The molecule has 1 aliphatic heterocycles. The lowest BCUT2D eigenvalue weighted by Gasteiger charge is -2.16. The summed E-state index contributed by atoms with van der Waals surface area (Å²) in [5.41, 5.74) is -0.282. The Morgan fingerprint density at radius 3 is 2.59 bits per heavy atom. The Morgan fingerprint density at radius 2 is 1.97 bits per heavy atom. The Balaban J connectivity index is 1.58. The molecule has 2 N–H and O–H groups in total. The number of hydrogen-bond donors (Lipinski definition) is 2. The van der Waals surface area contributed by atoms with E-state index in [4.69, 9.17) is 4.74 Å². The molecule has 3 heterocycles. The van der Waals surface area contributed by atoms with E-state index in [0.29, 0.717) is 10.2 Å². The van der Waals surface area contributed by atoms with Crippen molar-refractivity contribution in [1.82, 2.24) is 20.2 Å². The Hall–Kier alpha value is -2.75. The number of thiophene rings is 1. The quantitative estimate of drug-likeness (QED) is 0.546. The van der Waals surface area contributed by atoms with Gasteiger partial charge in [-0.3, -0.25) is 19.3 Å². The maximum absolute atomic E-state index is 12.4. The summed E-state index contributed by atoms with van der Waals surface area (Å²) in [7, 11) is 0. The minimum atomic E-state index is -0.930. The number of nitrogens with zero attached hydrogens (tertiary/aromatic N) is 2. The largest absolute Gasteiger partial charge is 0.454 e. The van der Waals surface area contributed by atoms with Gasteiger partial charge in [0.15, 0.2) is 11.9 Å². The predicted octanol–water partition coefficient (Wildman–Crippen LogP) is 2.32. The molecule has 10 heteroatoms. The monoisotopic (exact) mass is 420 g/mol. The molecule has 0 aliphatic carbocycles. The summed E-state index contributed by atoms with van der Waals surface area (Å²) in [5.74, 6) is -0.529. The van der Waals surface area contributed by atoms with Crippen LogP contribution in [0.3, 0.4) is 0 Å². The lowest BCUT2D eigenvalue weighted by Crippen LogP contribution is -2.40. The van der Waals surface area contributed by atoms with Crippen LogP contribution in [-0.2, 0) is 14.3 Å². The van der Waals surface area contributed by atoms with E-state index in [1.807, 2.05) is 13.8 Å². The highest BCUT2D eigenvalue weighted by molar-refractivity contribution is 7.18. The van der Waals surface area contributed by atoms with Crippen LogP contribution in [0.2, 0.25) is 0 Å². The fraction of sp³-hybridized carbons (Fsp3) is 0.526. The van der Waals surface area contributed by atoms with Gasteiger partial charge in [-0.15, -0.1) is 11.3 Å². The summed E-state index contributed by atoms with van der Waals surface area (Å²) < 4.78 is 5.37. The molecule has 2 aromatic heterocycles. The minimum Gasteiger partial charge on any atom is -0.454 e. The zero-order valence-electron chi connectivity index (χ0n) is 17.0. The van der Waals surface area contributed by atoms with E-state index in [2.05, 4.69) is 15.3 Å². The molecule has 0 unspecified atom stereocenters. The van der Waals surface area contributed by atoms with Gasteiger partial charge in [-0.2, -0.15) is 0 Å². The minimum absolute atomic E-state index is 0.0333. The van der Waals surface area contributed by atoms with Gasteiger partial charge in [0.05, 0.1) is 5.39 Å². The molecule has 0 radical (unpaired) electrons. The summed E-state index contributed by atoms with van der Waals surface area (Å²) in [6.07, 6.45) is -0.406. The Labute approximate surface area is 171 Å². The van der Waals surface area contributed by atoms with E-state index >= 15 is 0 Å². The first-order valence-corrected chi connectivity index (χ1v) is 10.2. The van der Waals surface area contributed by atoms with Gasteiger partial charge in [-0.1, -0.05) is 0 Å². The SMILES string of the molecule is Cc1sc2nc([C@H](C)OC(=O)CCCN3C(=O)NC(C)(C)C3=O)[nH]c(=O)c2c1C. The molecule has 0 saturated carbocycles. The summed E-state index contributed by atoms with van der Waals surface area (Å²) in [4.78, 5) is 58.3. The van der Waals surface area contributed by atoms with E-state index in [1.54, 1.807) is 20.8 Å². The molecule has 3 amide bonds. The van der Waals surface area contributed by atoms with Crippen molar-refractivity contribution in [3.63, 3.8) is 0 Å².